The molecule has 0 aliphatic heterocycles. The summed E-state index contributed by atoms with van der Waals surface area (Å²) in [5.41, 5.74) is 23.0. The van der Waals surface area contributed by atoms with Gasteiger partial charge in [-0.3, -0.25) is 0 Å². The number of fused-ring (bicyclic) bond motifs is 6. The Hall–Kier alpha value is -11.8. The number of furan rings is 1. The standard InChI is InChI=1S/C84H52N6OSe/c1-8-28-53(29-9-1)60-42-22-23-43-63(60)79-82(59-40-20-7-21-41-59)86-89-87-83(79)67-52-66(56-34-14-4-15-35-56)77(75-61(54-30-10-2-11-31-54)48-50-69-73(75)64-44-24-26-46-68(64)91-69)80(84-72(57-36-16-5-17-37-57)81(85-90-88-84)58-38-18-6-19-39-58)78(67)76-62(55-32-12-3-13-33-55)49-51-71-74(76)65-45-25-27-47-70(65)92-71/h1-52H. The first-order chi connectivity index (χ1) is 45.7. The second-order valence-electron chi connectivity index (χ2n) is 22.8. The number of para-hydroxylation sites is 1. The summed E-state index contributed by atoms with van der Waals surface area (Å²) < 4.78 is 9.63. The van der Waals surface area contributed by atoms with Gasteiger partial charge in [0, 0.05) is 0 Å². The summed E-state index contributed by atoms with van der Waals surface area (Å²) in [7, 11) is 0. The zero-order valence-electron chi connectivity index (χ0n) is 49.5. The van der Waals surface area contributed by atoms with E-state index in [1.807, 2.05) is 18.2 Å². The topological polar surface area (TPSA) is 90.5 Å². The Kier molecular flexibility index (Phi) is 13.8. The molecule has 0 fully saturated rings. The van der Waals surface area contributed by atoms with E-state index in [4.69, 9.17) is 35.2 Å². The molecule has 0 saturated carbocycles. The average Bonchev–Trinajstić information content (AvgIpc) is 1.12. The first kappa shape index (κ1) is 54.4. The van der Waals surface area contributed by atoms with E-state index in [1.165, 1.54) is 13.9 Å². The summed E-state index contributed by atoms with van der Waals surface area (Å²) in [4.78, 5) is 0. The summed E-state index contributed by atoms with van der Waals surface area (Å²) in [6.45, 7) is 0. The molecule has 430 valence electrons. The van der Waals surface area contributed by atoms with Gasteiger partial charge in [0.15, 0.2) is 0 Å². The number of nitrogens with zero attached hydrogens (tertiary/aromatic N) is 6. The van der Waals surface area contributed by atoms with Crippen molar-refractivity contribution in [3.63, 3.8) is 0 Å². The van der Waals surface area contributed by atoms with Gasteiger partial charge in [0.25, 0.3) is 0 Å². The molecule has 0 aliphatic carbocycles. The Morgan fingerprint density at radius 3 is 1.24 bits per heavy atom. The second kappa shape index (κ2) is 23.3. The van der Waals surface area contributed by atoms with Gasteiger partial charge in [-0.1, -0.05) is 6.07 Å². The van der Waals surface area contributed by atoms with Crippen molar-refractivity contribution in [2.45, 2.75) is 0 Å². The van der Waals surface area contributed by atoms with Crippen LogP contribution in [0.15, 0.2) is 320 Å². The molecule has 13 aromatic carbocycles. The molecular weight excluding hydrogens is 1190 g/mol. The molecule has 92 heavy (non-hydrogen) atoms. The van der Waals surface area contributed by atoms with Crippen molar-refractivity contribution in [1.82, 2.24) is 30.8 Å². The van der Waals surface area contributed by atoms with Crippen molar-refractivity contribution < 1.29 is 4.42 Å². The Morgan fingerprint density at radius 1 is 0.217 bits per heavy atom. The van der Waals surface area contributed by atoms with Crippen LogP contribution in [0.5, 0.6) is 0 Å². The van der Waals surface area contributed by atoms with Crippen molar-refractivity contribution in [2.24, 2.45) is 0 Å². The fourth-order valence-corrected chi connectivity index (χ4v) is 16.0. The molecule has 0 unspecified atom stereocenters. The second-order valence-corrected chi connectivity index (χ2v) is 25.1. The van der Waals surface area contributed by atoms with Gasteiger partial charge in [-0.2, -0.15) is 0 Å². The molecule has 17 rings (SSSR count). The Bertz CT molecular complexity index is 5610. The molecule has 0 amide bonds. The fourth-order valence-electron chi connectivity index (χ4n) is 13.7. The number of rotatable bonds is 12. The Morgan fingerprint density at radius 2 is 0.641 bits per heavy atom. The van der Waals surface area contributed by atoms with Crippen LogP contribution in [0.4, 0.5) is 0 Å². The summed E-state index contributed by atoms with van der Waals surface area (Å²) in [6.07, 6.45) is 0. The van der Waals surface area contributed by atoms with E-state index in [-0.39, 0.29) is 14.5 Å². The first-order valence-corrected chi connectivity index (χ1v) is 32.5. The van der Waals surface area contributed by atoms with Crippen LogP contribution < -0.4 is 0 Å². The molecule has 0 atom stereocenters. The van der Waals surface area contributed by atoms with Gasteiger partial charge in [-0.05, 0) is 0 Å². The van der Waals surface area contributed by atoms with E-state index in [0.717, 1.165) is 139 Å². The molecule has 4 heterocycles. The molecule has 0 bridgehead atoms. The van der Waals surface area contributed by atoms with Crippen LogP contribution >= 0.6 is 0 Å². The quantitative estimate of drug-likeness (QED) is 0.113. The van der Waals surface area contributed by atoms with Crippen LogP contribution in [0.3, 0.4) is 0 Å². The van der Waals surface area contributed by atoms with Gasteiger partial charge in [0.1, 0.15) is 0 Å². The third-order valence-corrected chi connectivity index (χ3v) is 20.0. The minimum atomic E-state index is -0.0618. The van der Waals surface area contributed by atoms with Crippen LogP contribution in [0.2, 0.25) is 0 Å². The normalized spacial score (nSPS) is 11.5. The molecule has 0 spiro atoms. The Labute approximate surface area is 537 Å². The van der Waals surface area contributed by atoms with E-state index in [1.54, 1.807) is 0 Å². The molecular formula is C84H52N6OSe. The van der Waals surface area contributed by atoms with Crippen LogP contribution in [-0.4, -0.2) is 45.3 Å². The van der Waals surface area contributed by atoms with E-state index in [0.29, 0.717) is 22.8 Å². The third kappa shape index (κ3) is 9.36. The van der Waals surface area contributed by atoms with Crippen molar-refractivity contribution in [1.29, 1.82) is 0 Å². The molecule has 8 heteroatoms. The maximum atomic E-state index is 7.06. The van der Waals surface area contributed by atoms with Gasteiger partial charge < -0.3 is 0 Å². The van der Waals surface area contributed by atoms with E-state index < -0.39 is 0 Å². The van der Waals surface area contributed by atoms with Gasteiger partial charge in [-0.25, -0.2) is 0 Å². The average molecular weight is 1240 g/mol. The minimum absolute atomic E-state index is 0.0618. The summed E-state index contributed by atoms with van der Waals surface area (Å²) in [5.74, 6) is 0. The van der Waals surface area contributed by atoms with Gasteiger partial charge in [0.05, 0.1) is 0 Å². The molecule has 17 aromatic rings. The number of aromatic nitrogens is 6. The van der Waals surface area contributed by atoms with Crippen LogP contribution in [-0.2, 0) is 0 Å². The molecule has 0 N–H and O–H groups in total. The predicted molar refractivity (Wildman–Crippen MR) is 378 cm³/mol. The summed E-state index contributed by atoms with van der Waals surface area (Å²) in [5, 5.41) is 35.5. The van der Waals surface area contributed by atoms with Gasteiger partial charge in [-0.15, -0.1) is 0 Å². The van der Waals surface area contributed by atoms with Crippen molar-refractivity contribution in [3.8, 4) is 134 Å². The van der Waals surface area contributed by atoms with E-state index in [9.17, 15) is 0 Å². The monoisotopic (exact) mass is 1240 g/mol. The summed E-state index contributed by atoms with van der Waals surface area (Å²) >= 11 is -0.0618. The zero-order valence-corrected chi connectivity index (χ0v) is 51.2. The fraction of sp³-hybridized carbons (Fsp3) is 0. The van der Waals surface area contributed by atoms with Gasteiger partial charge >= 0.3 is 534 Å². The van der Waals surface area contributed by atoms with E-state index in [2.05, 4.69) is 297 Å². The van der Waals surface area contributed by atoms with E-state index >= 15 is 0 Å². The number of hydrogen-bond donors (Lipinski definition) is 0. The van der Waals surface area contributed by atoms with Gasteiger partial charge in [0.2, 0.25) is 0 Å². The van der Waals surface area contributed by atoms with Crippen LogP contribution in [0.1, 0.15) is 0 Å². The third-order valence-electron chi connectivity index (χ3n) is 17.6. The number of hydrogen-bond acceptors (Lipinski definition) is 7. The Balaban J connectivity index is 1.20. The van der Waals surface area contributed by atoms with Crippen molar-refractivity contribution in [2.75, 3.05) is 0 Å². The SMILES string of the molecule is c1ccc(-c2ccccc2-c2c(-c3ccccc3)nnnc2-c2cc(-c3ccccc3)c(-c3c(-c4ccccc4)ccc4oc5ccccc5c34)c(-c3nnnc(-c4ccccc4)c3-c3ccccc3)c2-c2c(-c3ccccc3)ccc3[se]c4ccccc4c23)cc1. The first-order valence-electron chi connectivity index (χ1n) is 30.8. The molecule has 0 radical (unpaired) electrons. The maximum absolute atomic E-state index is 7.06. The molecule has 0 saturated heterocycles. The number of benzene rings is 13. The van der Waals surface area contributed by atoms with Crippen LogP contribution in [0.25, 0.3) is 175 Å². The zero-order chi connectivity index (χ0) is 60.9. The van der Waals surface area contributed by atoms with Crippen molar-refractivity contribution in [3.05, 3.63) is 315 Å². The van der Waals surface area contributed by atoms with Crippen LogP contribution in [0, 0.1) is 0 Å². The molecule has 4 aromatic heterocycles. The molecule has 0 aliphatic rings. The molecule has 7 nitrogen and oxygen atoms in total. The van der Waals surface area contributed by atoms with Crippen molar-refractivity contribution >= 4 is 55.7 Å². The summed E-state index contributed by atoms with van der Waals surface area (Å²) in [6, 6.07) is 112. The predicted octanol–water partition coefficient (Wildman–Crippen LogP) is 21.3.